The third kappa shape index (κ3) is 5.04. The second-order valence-electron chi connectivity index (χ2n) is 13.4. The first kappa shape index (κ1) is 26.9. The van der Waals surface area contributed by atoms with Gasteiger partial charge in [-0.3, -0.25) is 9.78 Å². The maximum absolute atomic E-state index is 13.1. The molecule has 0 radical (unpaired) electrons. The Morgan fingerprint density at radius 2 is 2.00 bits per heavy atom. The van der Waals surface area contributed by atoms with Gasteiger partial charge in [-0.25, -0.2) is 0 Å². The molecule has 1 N–H and O–H groups in total. The van der Waals surface area contributed by atoms with Crippen molar-refractivity contribution in [3.05, 3.63) is 41.7 Å². The minimum Gasteiger partial charge on any atom is -0.393 e. The van der Waals surface area contributed by atoms with Crippen LogP contribution in [0.5, 0.6) is 0 Å². The summed E-state index contributed by atoms with van der Waals surface area (Å²) in [4.78, 5) is 19.6. The Bertz CT molecular complexity index is 976. The van der Waals surface area contributed by atoms with Crippen molar-refractivity contribution in [1.82, 2.24) is 9.88 Å². The van der Waals surface area contributed by atoms with Crippen LogP contribution in [0.4, 0.5) is 0 Å². The van der Waals surface area contributed by atoms with Crippen molar-refractivity contribution in [2.75, 3.05) is 13.1 Å². The molecule has 204 valence electrons. The van der Waals surface area contributed by atoms with Crippen LogP contribution in [0.2, 0.25) is 0 Å². The van der Waals surface area contributed by atoms with Crippen LogP contribution in [-0.4, -0.2) is 40.1 Å². The summed E-state index contributed by atoms with van der Waals surface area (Å²) in [5.41, 5.74) is 3.37. The number of aliphatic hydroxyl groups excluding tert-OH is 1. The molecular formula is C33H50N2O2. The van der Waals surface area contributed by atoms with Gasteiger partial charge in [0, 0.05) is 37.8 Å². The second-order valence-corrected chi connectivity index (χ2v) is 13.4. The first-order valence-corrected chi connectivity index (χ1v) is 15.3. The number of carbonyl (C=O) groups is 1. The summed E-state index contributed by atoms with van der Waals surface area (Å²) in [6.07, 6.45) is 16.5. The lowest BCUT2D eigenvalue weighted by Crippen LogP contribution is -2.50. The van der Waals surface area contributed by atoms with E-state index in [2.05, 4.69) is 38.8 Å². The van der Waals surface area contributed by atoms with E-state index in [1.165, 1.54) is 38.5 Å². The molecule has 4 nitrogen and oxygen atoms in total. The van der Waals surface area contributed by atoms with E-state index in [4.69, 9.17) is 0 Å². The largest absolute Gasteiger partial charge is 0.393 e. The van der Waals surface area contributed by atoms with Gasteiger partial charge in [0.05, 0.1) is 6.10 Å². The van der Waals surface area contributed by atoms with Crippen molar-refractivity contribution < 1.29 is 9.90 Å². The van der Waals surface area contributed by atoms with Gasteiger partial charge in [-0.1, -0.05) is 38.5 Å². The Morgan fingerprint density at radius 3 is 2.76 bits per heavy atom. The minimum atomic E-state index is -0.122. The van der Waals surface area contributed by atoms with Crippen molar-refractivity contribution in [3.63, 3.8) is 0 Å². The van der Waals surface area contributed by atoms with E-state index in [-0.39, 0.29) is 6.10 Å². The fourth-order valence-electron chi connectivity index (χ4n) is 9.58. The molecule has 4 heteroatoms. The van der Waals surface area contributed by atoms with Crippen molar-refractivity contribution >= 4 is 5.91 Å². The summed E-state index contributed by atoms with van der Waals surface area (Å²) in [6, 6.07) is 6.01. The number of hydrogen-bond acceptors (Lipinski definition) is 3. The standard InChI is InChI=1S/C33H50N2O2/c1-5-35(21-17-25-8-6-7-20-34-25)31(37)14-9-23(2)28-12-13-29-27-11-10-24-22-26(36)15-18-32(24,3)30(27)16-19-33(28,29)4/h6-8,10,20,23,26-30,36H,5,9,11-19,21-22H2,1-4H3/t23?,26-,27-,28+,29-,30-,32-,33+/m0/s1. The van der Waals surface area contributed by atoms with Crippen LogP contribution < -0.4 is 0 Å². The lowest BCUT2D eigenvalue weighted by atomic mass is 9.47. The highest BCUT2D eigenvalue weighted by Crippen LogP contribution is 2.67. The number of nitrogens with zero attached hydrogens (tertiary/aromatic N) is 2. The molecule has 1 aromatic rings. The fourth-order valence-corrected chi connectivity index (χ4v) is 9.58. The quantitative estimate of drug-likeness (QED) is 0.393. The average Bonchev–Trinajstić information content (AvgIpc) is 3.26. The SMILES string of the molecule is CCN(CCc1ccccn1)C(=O)CCC(C)[C@H]1CC[C@H]2[C@@H]3CC=C4C[C@@H](O)CC[C@]4(C)[C@H]3CC[C@]12C. The third-order valence-corrected chi connectivity index (χ3v) is 11.8. The molecule has 0 bridgehead atoms. The highest BCUT2D eigenvalue weighted by atomic mass is 16.3. The highest BCUT2D eigenvalue weighted by molar-refractivity contribution is 5.76. The molecule has 0 spiro atoms. The zero-order valence-corrected chi connectivity index (χ0v) is 23.8. The van der Waals surface area contributed by atoms with Gasteiger partial charge < -0.3 is 10.0 Å². The zero-order valence-electron chi connectivity index (χ0n) is 23.8. The van der Waals surface area contributed by atoms with Gasteiger partial charge in [0.2, 0.25) is 5.91 Å². The lowest BCUT2D eigenvalue weighted by Gasteiger charge is -2.58. The van der Waals surface area contributed by atoms with E-state index >= 15 is 0 Å². The number of aliphatic hydroxyl groups is 1. The fraction of sp³-hybridized carbons (Fsp3) is 0.758. The highest BCUT2D eigenvalue weighted by Gasteiger charge is 2.59. The van der Waals surface area contributed by atoms with Crippen LogP contribution in [0.3, 0.4) is 0 Å². The Labute approximate surface area is 225 Å². The van der Waals surface area contributed by atoms with Crippen LogP contribution in [-0.2, 0) is 11.2 Å². The maximum atomic E-state index is 13.1. The van der Waals surface area contributed by atoms with E-state index in [1.807, 2.05) is 29.3 Å². The Balaban J connectivity index is 1.19. The molecule has 0 aromatic carbocycles. The summed E-state index contributed by atoms with van der Waals surface area (Å²) in [6.45, 7) is 11.2. The van der Waals surface area contributed by atoms with Crippen molar-refractivity contribution in [2.45, 2.75) is 104 Å². The number of aromatic nitrogens is 1. The van der Waals surface area contributed by atoms with Crippen LogP contribution in [0.15, 0.2) is 36.0 Å². The van der Waals surface area contributed by atoms with Gasteiger partial charge in [0.15, 0.2) is 0 Å². The molecule has 1 unspecified atom stereocenters. The number of pyridine rings is 1. The number of allylic oxidation sites excluding steroid dienone is 1. The smallest absolute Gasteiger partial charge is 0.222 e. The molecule has 4 aliphatic carbocycles. The third-order valence-electron chi connectivity index (χ3n) is 11.8. The molecule has 1 aromatic heterocycles. The molecule has 1 heterocycles. The molecular weight excluding hydrogens is 456 g/mol. The Kier molecular flexibility index (Phi) is 7.87. The normalized spacial score (nSPS) is 37.6. The Hall–Kier alpha value is -1.68. The van der Waals surface area contributed by atoms with Gasteiger partial charge in [0.1, 0.15) is 0 Å². The molecule has 0 saturated heterocycles. The zero-order chi connectivity index (χ0) is 26.2. The van der Waals surface area contributed by atoms with E-state index in [9.17, 15) is 9.90 Å². The lowest BCUT2D eigenvalue weighted by molar-refractivity contribution is -0.131. The van der Waals surface area contributed by atoms with Crippen molar-refractivity contribution in [3.8, 4) is 0 Å². The van der Waals surface area contributed by atoms with Gasteiger partial charge in [-0.2, -0.15) is 0 Å². The molecule has 8 atom stereocenters. The summed E-state index contributed by atoms with van der Waals surface area (Å²) >= 11 is 0. The van der Waals surface area contributed by atoms with Crippen LogP contribution in [0.25, 0.3) is 0 Å². The predicted octanol–water partition coefficient (Wildman–Crippen LogP) is 6.83. The van der Waals surface area contributed by atoms with E-state index in [0.29, 0.717) is 29.1 Å². The summed E-state index contributed by atoms with van der Waals surface area (Å²) in [5, 5.41) is 10.3. The number of rotatable bonds is 8. The molecule has 5 rings (SSSR count). The van der Waals surface area contributed by atoms with Crippen molar-refractivity contribution in [1.29, 1.82) is 0 Å². The number of likely N-dealkylation sites (N-methyl/N-ethyl adjacent to an activating group) is 1. The predicted molar refractivity (Wildman–Crippen MR) is 150 cm³/mol. The number of amides is 1. The Morgan fingerprint density at radius 1 is 1.16 bits per heavy atom. The first-order valence-electron chi connectivity index (χ1n) is 15.3. The number of fused-ring (bicyclic) bond motifs is 5. The summed E-state index contributed by atoms with van der Waals surface area (Å²) < 4.78 is 0. The average molecular weight is 507 g/mol. The molecule has 4 aliphatic rings. The molecule has 37 heavy (non-hydrogen) atoms. The minimum absolute atomic E-state index is 0.122. The molecule has 3 fully saturated rings. The topological polar surface area (TPSA) is 53.4 Å². The van der Waals surface area contributed by atoms with Crippen LogP contribution in [0, 0.1) is 40.4 Å². The van der Waals surface area contributed by atoms with E-state index < -0.39 is 0 Å². The van der Waals surface area contributed by atoms with Crippen molar-refractivity contribution in [2.24, 2.45) is 40.4 Å². The second kappa shape index (κ2) is 10.8. The van der Waals surface area contributed by atoms with Gasteiger partial charge in [0.25, 0.3) is 0 Å². The molecule has 3 saturated carbocycles. The van der Waals surface area contributed by atoms with E-state index in [1.54, 1.807) is 5.57 Å². The monoisotopic (exact) mass is 506 g/mol. The van der Waals surface area contributed by atoms with Crippen LogP contribution in [0.1, 0.15) is 97.6 Å². The first-order chi connectivity index (χ1) is 17.8. The maximum Gasteiger partial charge on any atom is 0.222 e. The number of carbonyl (C=O) groups excluding carboxylic acids is 1. The summed E-state index contributed by atoms with van der Waals surface area (Å²) in [5.74, 6) is 4.07. The van der Waals surface area contributed by atoms with E-state index in [0.717, 1.165) is 68.1 Å². The van der Waals surface area contributed by atoms with Gasteiger partial charge in [-0.05, 0) is 117 Å². The van der Waals surface area contributed by atoms with Crippen LogP contribution >= 0.6 is 0 Å². The van der Waals surface area contributed by atoms with Gasteiger partial charge in [-0.15, -0.1) is 0 Å². The summed E-state index contributed by atoms with van der Waals surface area (Å²) in [7, 11) is 0. The van der Waals surface area contributed by atoms with Gasteiger partial charge >= 0.3 is 0 Å². The molecule has 0 aliphatic heterocycles. The number of hydrogen-bond donors (Lipinski definition) is 1. The molecule has 1 amide bonds.